The second kappa shape index (κ2) is 6.75. The Morgan fingerprint density at radius 2 is 1.96 bits per heavy atom. The third kappa shape index (κ3) is 3.09. The lowest BCUT2D eigenvalue weighted by atomic mass is 10.1. The SMILES string of the molecule is Brc1cccc(-c2noc(-c3ncn4c3CO[C@H](c3ccccc3)C4)n2)c1. The molecule has 0 unspecified atom stereocenters. The summed E-state index contributed by atoms with van der Waals surface area (Å²) in [5, 5.41) is 4.10. The molecule has 1 aliphatic rings. The summed E-state index contributed by atoms with van der Waals surface area (Å²) < 4.78 is 14.6. The van der Waals surface area contributed by atoms with Crippen molar-refractivity contribution in [1.82, 2.24) is 19.7 Å². The van der Waals surface area contributed by atoms with Crippen LogP contribution in [0.4, 0.5) is 0 Å². The predicted molar refractivity (Wildman–Crippen MR) is 103 cm³/mol. The zero-order valence-corrected chi connectivity index (χ0v) is 15.8. The number of benzene rings is 2. The molecule has 3 heterocycles. The fourth-order valence-electron chi connectivity index (χ4n) is 3.24. The number of halogens is 1. The summed E-state index contributed by atoms with van der Waals surface area (Å²) in [4.78, 5) is 9.02. The normalized spacial score (nSPS) is 16.3. The van der Waals surface area contributed by atoms with Crippen molar-refractivity contribution in [3.05, 3.63) is 76.7 Å². The number of imidazole rings is 1. The molecule has 27 heavy (non-hydrogen) atoms. The first-order valence-corrected chi connectivity index (χ1v) is 9.38. The average molecular weight is 423 g/mol. The van der Waals surface area contributed by atoms with Crippen molar-refractivity contribution in [3.63, 3.8) is 0 Å². The van der Waals surface area contributed by atoms with Crippen LogP contribution in [0.1, 0.15) is 17.4 Å². The van der Waals surface area contributed by atoms with Crippen molar-refractivity contribution >= 4 is 15.9 Å². The number of hydrogen-bond acceptors (Lipinski definition) is 5. The summed E-state index contributed by atoms with van der Waals surface area (Å²) in [6.45, 7) is 1.16. The van der Waals surface area contributed by atoms with Gasteiger partial charge in [-0.2, -0.15) is 4.98 Å². The van der Waals surface area contributed by atoms with E-state index in [-0.39, 0.29) is 6.10 Å². The van der Waals surface area contributed by atoms with Gasteiger partial charge in [0.05, 0.1) is 25.2 Å². The molecule has 0 radical (unpaired) electrons. The lowest BCUT2D eigenvalue weighted by molar-refractivity contribution is 0.00330. The third-order valence-corrected chi connectivity index (χ3v) is 5.11. The molecule has 0 N–H and O–H groups in total. The van der Waals surface area contributed by atoms with Gasteiger partial charge >= 0.3 is 0 Å². The zero-order valence-electron chi connectivity index (χ0n) is 14.2. The molecule has 6 nitrogen and oxygen atoms in total. The maximum Gasteiger partial charge on any atom is 0.278 e. The van der Waals surface area contributed by atoms with E-state index in [1.807, 2.05) is 48.8 Å². The van der Waals surface area contributed by atoms with Gasteiger partial charge in [0.25, 0.3) is 5.89 Å². The summed E-state index contributed by atoms with van der Waals surface area (Å²) in [5.41, 5.74) is 3.67. The quantitative estimate of drug-likeness (QED) is 0.481. The molecule has 0 saturated heterocycles. The third-order valence-electron chi connectivity index (χ3n) is 4.61. The van der Waals surface area contributed by atoms with E-state index < -0.39 is 0 Å². The highest BCUT2D eigenvalue weighted by atomic mass is 79.9. The number of rotatable bonds is 3. The topological polar surface area (TPSA) is 66.0 Å². The molecular formula is C20H15BrN4O2. The number of hydrogen-bond donors (Lipinski definition) is 0. The Balaban J connectivity index is 1.43. The van der Waals surface area contributed by atoms with Gasteiger partial charge in [-0.3, -0.25) is 0 Å². The van der Waals surface area contributed by atoms with Crippen LogP contribution in [-0.2, 0) is 17.9 Å². The van der Waals surface area contributed by atoms with E-state index in [2.05, 4.69) is 47.8 Å². The second-order valence-electron chi connectivity index (χ2n) is 6.34. The van der Waals surface area contributed by atoms with E-state index in [0.29, 0.717) is 30.6 Å². The van der Waals surface area contributed by atoms with Crippen molar-refractivity contribution in [2.45, 2.75) is 19.3 Å². The molecule has 7 heteroatoms. The number of nitrogens with zero attached hydrogens (tertiary/aromatic N) is 4. The Morgan fingerprint density at radius 1 is 1.07 bits per heavy atom. The molecule has 5 rings (SSSR count). The van der Waals surface area contributed by atoms with Gasteiger partial charge in [-0.15, -0.1) is 0 Å². The zero-order chi connectivity index (χ0) is 18.2. The number of ether oxygens (including phenoxy) is 1. The largest absolute Gasteiger partial charge is 0.365 e. The number of fused-ring (bicyclic) bond motifs is 1. The standard InChI is InChI=1S/C20H15BrN4O2/c21-15-8-4-7-14(9-15)19-23-20(27-24-19)18-16-11-26-17(10-25(16)12-22-18)13-5-2-1-3-6-13/h1-9,12,17H,10-11H2/t17-/m0/s1. The molecule has 134 valence electrons. The second-order valence-corrected chi connectivity index (χ2v) is 7.25. The summed E-state index contributed by atoms with van der Waals surface area (Å²) in [6.07, 6.45) is 1.83. The van der Waals surface area contributed by atoms with Crippen LogP contribution in [0.3, 0.4) is 0 Å². The molecular weight excluding hydrogens is 408 g/mol. The molecule has 0 spiro atoms. The fourth-order valence-corrected chi connectivity index (χ4v) is 3.64. The van der Waals surface area contributed by atoms with Gasteiger partial charge in [0, 0.05) is 10.0 Å². The first-order valence-electron chi connectivity index (χ1n) is 8.58. The van der Waals surface area contributed by atoms with Crippen LogP contribution in [-0.4, -0.2) is 19.7 Å². The van der Waals surface area contributed by atoms with Crippen molar-refractivity contribution in [2.75, 3.05) is 0 Å². The van der Waals surface area contributed by atoms with Crippen LogP contribution in [0.2, 0.25) is 0 Å². The molecule has 0 aliphatic carbocycles. The summed E-state index contributed by atoms with van der Waals surface area (Å²) >= 11 is 3.46. The van der Waals surface area contributed by atoms with Gasteiger partial charge in [-0.25, -0.2) is 4.98 Å². The number of aromatic nitrogens is 4. The molecule has 1 atom stereocenters. The Hall–Kier alpha value is -2.77. The lowest BCUT2D eigenvalue weighted by Gasteiger charge is -2.25. The maximum absolute atomic E-state index is 6.06. The Kier molecular flexibility index (Phi) is 4.10. The first kappa shape index (κ1) is 16.4. The Bertz CT molecular complexity index is 1090. The molecule has 0 fully saturated rings. The Morgan fingerprint density at radius 3 is 2.81 bits per heavy atom. The van der Waals surface area contributed by atoms with Crippen molar-refractivity contribution in [3.8, 4) is 23.0 Å². The predicted octanol–water partition coefficient (Wildman–Crippen LogP) is 4.63. The average Bonchev–Trinajstić information content (AvgIpc) is 3.35. The van der Waals surface area contributed by atoms with Crippen LogP contribution < -0.4 is 0 Å². The highest BCUT2D eigenvalue weighted by Crippen LogP contribution is 2.32. The van der Waals surface area contributed by atoms with Crippen LogP contribution in [0, 0.1) is 0 Å². The maximum atomic E-state index is 6.06. The van der Waals surface area contributed by atoms with Crippen molar-refractivity contribution in [2.24, 2.45) is 0 Å². The molecule has 0 amide bonds. The molecule has 2 aromatic carbocycles. The van der Waals surface area contributed by atoms with Gasteiger partial charge in [0.2, 0.25) is 5.82 Å². The molecule has 1 aliphatic heterocycles. The summed E-state index contributed by atoms with van der Waals surface area (Å²) in [6, 6.07) is 18.0. The first-order chi connectivity index (χ1) is 13.3. The summed E-state index contributed by atoms with van der Waals surface area (Å²) in [5.74, 6) is 0.937. The summed E-state index contributed by atoms with van der Waals surface area (Å²) in [7, 11) is 0. The highest BCUT2D eigenvalue weighted by Gasteiger charge is 2.26. The lowest BCUT2D eigenvalue weighted by Crippen LogP contribution is -2.20. The Labute approximate surface area is 163 Å². The van der Waals surface area contributed by atoms with Crippen LogP contribution >= 0.6 is 15.9 Å². The van der Waals surface area contributed by atoms with Gasteiger partial charge < -0.3 is 13.8 Å². The highest BCUT2D eigenvalue weighted by molar-refractivity contribution is 9.10. The fraction of sp³-hybridized carbons (Fsp3) is 0.150. The molecule has 4 aromatic rings. The van der Waals surface area contributed by atoms with Gasteiger partial charge in [0.1, 0.15) is 6.10 Å². The smallest absolute Gasteiger partial charge is 0.278 e. The van der Waals surface area contributed by atoms with Gasteiger partial charge in [0.15, 0.2) is 5.69 Å². The van der Waals surface area contributed by atoms with Gasteiger partial charge in [-0.1, -0.05) is 63.6 Å². The van der Waals surface area contributed by atoms with E-state index in [1.165, 1.54) is 0 Å². The monoisotopic (exact) mass is 422 g/mol. The molecule has 0 saturated carbocycles. The van der Waals surface area contributed by atoms with E-state index in [9.17, 15) is 0 Å². The van der Waals surface area contributed by atoms with E-state index >= 15 is 0 Å². The van der Waals surface area contributed by atoms with E-state index in [1.54, 1.807) is 0 Å². The van der Waals surface area contributed by atoms with Crippen LogP contribution in [0.15, 0.2) is 69.9 Å². The van der Waals surface area contributed by atoms with Gasteiger partial charge in [-0.05, 0) is 17.7 Å². The van der Waals surface area contributed by atoms with E-state index in [0.717, 1.165) is 21.3 Å². The minimum absolute atomic E-state index is 0.0145. The van der Waals surface area contributed by atoms with Crippen LogP contribution in [0.25, 0.3) is 23.0 Å². The van der Waals surface area contributed by atoms with Crippen LogP contribution in [0.5, 0.6) is 0 Å². The van der Waals surface area contributed by atoms with E-state index in [4.69, 9.17) is 9.26 Å². The minimum atomic E-state index is 0.0145. The minimum Gasteiger partial charge on any atom is -0.365 e. The van der Waals surface area contributed by atoms with Crippen molar-refractivity contribution in [1.29, 1.82) is 0 Å². The molecule has 2 aromatic heterocycles. The molecule has 0 bridgehead atoms. The van der Waals surface area contributed by atoms with Crippen molar-refractivity contribution < 1.29 is 9.26 Å².